The minimum Gasteiger partial charge on any atom is -0.399 e. The summed E-state index contributed by atoms with van der Waals surface area (Å²) in [5.41, 5.74) is 10.9. The Balaban J connectivity index is 2.15. The monoisotopic (exact) mass is 281 g/mol. The van der Waals surface area contributed by atoms with Crippen molar-refractivity contribution in [1.82, 2.24) is 4.98 Å². The fraction of sp³-hybridized carbons (Fsp3) is 0.118. The highest BCUT2D eigenvalue weighted by Gasteiger charge is 2.07. The van der Waals surface area contributed by atoms with Crippen LogP contribution in [0.2, 0.25) is 0 Å². The zero-order chi connectivity index (χ0) is 15.0. The highest BCUT2D eigenvalue weighted by atomic mass is 19.1. The number of halogens is 1. The summed E-state index contributed by atoms with van der Waals surface area (Å²) in [4.78, 5) is 4.49. The van der Waals surface area contributed by atoms with Gasteiger partial charge in [0.2, 0.25) is 0 Å². The van der Waals surface area contributed by atoms with Gasteiger partial charge in [-0.15, -0.1) is 0 Å². The number of benzene rings is 2. The molecule has 0 atom stereocenters. The number of hydrogen-bond donors (Lipinski definition) is 2. The summed E-state index contributed by atoms with van der Waals surface area (Å²) in [5, 5.41) is 4.21. The number of nitrogens with zero attached hydrogens (tertiary/aromatic N) is 1. The van der Waals surface area contributed by atoms with Crippen LogP contribution in [0.25, 0.3) is 10.9 Å². The topological polar surface area (TPSA) is 50.9 Å². The van der Waals surface area contributed by atoms with Crippen LogP contribution >= 0.6 is 0 Å². The van der Waals surface area contributed by atoms with Gasteiger partial charge in [-0.25, -0.2) is 4.39 Å². The summed E-state index contributed by atoms with van der Waals surface area (Å²) in [6.07, 6.45) is 0. The Bertz CT molecular complexity index is 828. The fourth-order valence-electron chi connectivity index (χ4n) is 2.35. The number of nitrogens with two attached hydrogens (primary N) is 1. The van der Waals surface area contributed by atoms with E-state index < -0.39 is 0 Å². The number of nitrogen functional groups attached to an aromatic ring is 1. The molecule has 3 aromatic rings. The Morgan fingerprint density at radius 3 is 2.62 bits per heavy atom. The molecule has 1 heterocycles. The first-order valence-corrected chi connectivity index (χ1v) is 6.73. The first-order chi connectivity index (χ1) is 10.0. The van der Waals surface area contributed by atoms with Gasteiger partial charge in [-0.1, -0.05) is 6.07 Å². The maximum atomic E-state index is 13.4. The van der Waals surface area contributed by atoms with Crippen molar-refractivity contribution >= 4 is 28.0 Å². The molecule has 3 N–H and O–H groups in total. The van der Waals surface area contributed by atoms with Crippen LogP contribution in [0.5, 0.6) is 0 Å². The Morgan fingerprint density at radius 1 is 1.00 bits per heavy atom. The lowest BCUT2D eigenvalue weighted by Gasteiger charge is -2.13. The molecule has 0 saturated carbocycles. The molecule has 0 saturated heterocycles. The number of aromatic nitrogens is 1. The molecule has 2 aromatic carbocycles. The standard InChI is InChI=1S/C17H16FN3/c1-10-3-4-12(18)8-16(10)21-17-7-11(2)20-15-6-5-13(19)9-14(15)17/h3-9H,19H2,1-2H3,(H,20,21). The minimum atomic E-state index is -0.266. The normalized spacial score (nSPS) is 10.8. The highest BCUT2D eigenvalue weighted by Crippen LogP contribution is 2.29. The van der Waals surface area contributed by atoms with Crippen LogP contribution in [0.1, 0.15) is 11.3 Å². The van der Waals surface area contributed by atoms with Crippen molar-refractivity contribution in [2.45, 2.75) is 13.8 Å². The Hall–Kier alpha value is -2.62. The van der Waals surface area contributed by atoms with Crippen LogP contribution in [0.15, 0.2) is 42.5 Å². The van der Waals surface area contributed by atoms with Crippen LogP contribution < -0.4 is 11.1 Å². The average Bonchev–Trinajstić information content (AvgIpc) is 2.43. The van der Waals surface area contributed by atoms with Crippen molar-refractivity contribution in [2.75, 3.05) is 11.1 Å². The van der Waals surface area contributed by atoms with Crippen molar-refractivity contribution in [3.8, 4) is 0 Å². The minimum absolute atomic E-state index is 0.266. The van der Waals surface area contributed by atoms with Crippen molar-refractivity contribution in [2.24, 2.45) is 0 Å². The molecule has 1 aromatic heterocycles. The van der Waals surface area contributed by atoms with Gasteiger partial charge >= 0.3 is 0 Å². The second kappa shape index (κ2) is 5.05. The summed E-state index contributed by atoms with van der Waals surface area (Å²) in [7, 11) is 0. The second-order valence-electron chi connectivity index (χ2n) is 5.17. The smallest absolute Gasteiger partial charge is 0.125 e. The largest absolute Gasteiger partial charge is 0.399 e. The van der Waals surface area contributed by atoms with Gasteiger partial charge < -0.3 is 11.1 Å². The van der Waals surface area contributed by atoms with Gasteiger partial charge in [0, 0.05) is 28.1 Å². The van der Waals surface area contributed by atoms with E-state index in [4.69, 9.17) is 5.73 Å². The first-order valence-electron chi connectivity index (χ1n) is 6.73. The van der Waals surface area contributed by atoms with Gasteiger partial charge in [-0.05, 0) is 55.8 Å². The first kappa shape index (κ1) is 13.4. The third-order valence-corrected chi connectivity index (χ3v) is 3.43. The molecule has 0 bridgehead atoms. The number of anilines is 3. The van der Waals surface area contributed by atoms with E-state index in [0.29, 0.717) is 5.69 Å². The molecule has 3 nitrogen and oxygen atoms in total. The molecule has 21 heavy (non-hydrogen) atoms. The van der Waals surface area contributed by atoms with E-state index in [1.54, 1.807) is 6.07 Å². The van der Waals surface area contributed by atoms with E-state index in [0.717, 1.165) is 33.5 Å². The third kappa shape index (κ3) is 2.65. The molecular weight excluding hydrogens is 265 g/mol. The number of rotatable bonds is 2. The molecule has 0 aliphatic rings. The van der Waals surface area contributed by atoms with Gasteiger partial charge in [0.05, 0.1) is 5.52 Å². The maximum Gasteiger partial charge on any atom is 0.125 e. The molecule has 0 unspecified atom stereocenters. The highest BCUT2D eigenvalue weighted by molar-refractivity contribution is 5.95. The predicted octanol–water partition coefficient (Wildman–Crippen LogP) is 4.32. The van der Waals surface area contributed by atoms with Crippen LogP contribution in [0, 0.1) is 19.7 Å². The van der Waals surface area contributed by atoms with E-state index in [-0.39, 0.29) is 5.82 Å². The SMILES string of the molecule is Cc1cc(Nc2cc(F)ccc2C)c2cc(N)ccc2n1. The third-order valence-electron chi connectivity index (χ3n) is 3.43. The summed E-state index contributed by atoms with van der Waals surface area (Å²) >= 11 is 0. The van der Waals surface area contributed by atoms with E-state index >= 15 is 0 Å². The quantitative estimate of drug-likeness (QED) is 0.688. The van der Waals surface area contributed by atoms with Crippen molar-refractivity contribution in [3.63, 3.8) is 0 Å². The van der Waals surface area contributed by atoms with E-state index in [9.17, 15) is 4.39 Å². The van der Waals surface area contributed by atoms with Gasteiger partial charge in [-0.3, -0.25) is 4.98 Å². The van der Waals surface area contributed by atoms with Crippen LogP contribution in [-0.4, -0.2) is 4.98 Å². The van der Waals surface area contributed by atoms with Crippen LogP contribution in [-0.2, 0) is 0 Å². The lowest BCUT2D eigenvalue weighted by molar-refractivity contribution is 0.628. The Morgan fingerprint density at radius 2 is 1.81 bits per heavy atom. The van der Waals surface area contributed by atoms with Crippen molar-refractivity contribution in [1.29, 1.82) is 0 Å². The summed E-state index contributed by atoms with van der Waals surface area (Å²) in [6, 6.07) is 12.2. The predicted molar refractivity (Wildman–Crippen MR) is 85.3 cm³/mol. The van der Waals surface area contributed by atoms with Crippen LogP contribution in [0.3, 0.4) is 0 Å². The summed E-state index contributed by atoms with van der Waals surface area (Å²) < 4.78 is 13.4. The second-order valence-corrected chi connectivity index (χ2v) is 5.17. The molecule has 0 spiro atoms. The van der Waals surface area contributed by atoms with Crippen molar-refractivity contribution in [3.05, 3.63) is 59.5 Å². The lowest BCUT2D eigenvalue weighted by atomic mass is 10.1. The van der Waals surface area contributed by atoms with Gasteiger partial charge in [-0.2, -0.15) is 0 Å². The van der Waals surface area contributed by atoms with Crippen LogP contribution in [0.4, 0.5) is 21.5 Å². The summed E-state index contributed by atoms with van der Waals surface area (Å²) in [5.74, 6) is -0.266. The average molecular weight is 281 g/mol. The fourth-order valence-corrected chi connectivity index (χ4v) is 2.35. The number of pyridine rings is 1. The molecule has 0 aliphatic carbocycles. The number of fused-ring (bicyclic) bond motifs is 1. The number of nitrogens with one attached hydrogen (secondary N) is 1. The molecule has 4 heteroatoms. The zero-order valence-electron chi connectivity index (χ0n) is 11.9. The molecule has 3 rings (SSSR count). The Labute approximate surface area is 122 Å². The van der Waals surface area contributed by atoms with E-state index in [1.165, 1.54) is 12.1 Å². The number of aryl methyl sites for hydroxylation is 2. The summed E-state index contributed by atoms with van der Waals surface area (Å²) in [6.45, 7) is 3.87. The molecule has 0 fully saturated rings. The molecule has 0 amide bonds. The molecule has 106 valence electrons. The molecule has 0 radical (unpaired) electrons. The van der Waals surface area contributed by atoms with E-state index in [2.05, 4.69) is 10.3 Å². The molecule has 0 aliphatic heterocycles. The molecular formula is C17H16FN3. The van der Waals surface area contributed by atoms with E-state index in [1.807, 2.05) is 38.1 Å². The Kier molecular flexibility index (Phi) is 3.22. The lowest BCUT2D eigenvalue weighted by Crippen LogP contribution is -1.98. The van der Waals surface area contributed by atoms with Gasteiger partial charge in [0.1, 0.15) is 5.82 Å². The maximum absolute atomic E-state index is 13.4. The van der Waals surface area contributed by atoms with Gasteiger partial charge in [0.15, 0.2) is 0 Å². The number of hydrogen-bond acceptors (Lipinski definition) is 3. The van der Waals surface area contributed by atoms with Gasteiger partial charge in [0.25, 0.3) is 0 Å². The van der Waals surface area contributed by atoms with Crippen molar-refractivity contribution < 1.29 is 4.39 Å². The zero-order valence-corrected chi connectivity index (χ0v) is 11.9.